The van der Waals surface area contributed by atoms with Gasteiger partial charge in [-0.05, 0) is 19.8 Å². The molecule has 0 amide bonds. The number of hydrogen-bond donors (Lipinski definition) is 1. The fourth-order valence-corrected chi connectivity index (χ4v) is 2.18. The van der Waals surface area contributed by atoms with Gasteiger partial charge in [-0.3, -0.25) is 0 Å². The predicted octanol–water partition coefficient (Wildman–Crippen LogP) is 1.86. The van der Waals surface area contributed by atoms with E-state index in [0.29, 0.717) is 17.9 Å². The molecule has 1 heterocycles. The Morgan fingerprint density at radius 2 is 2.00 bits per heavy atom. The summed E-state index contributed by atoms with van der Waals surface area (Å²) in [7, 11) is 2.02. The van der Waals surface area contributed by atoms with E-state index >= 15 is 0 Å². The van der Waals surface area contributed by atoms with Gasteiger partial charge in [0.2, 0.25) is 5.89 Å². The van der Waals surface area contributed by atoms with E-state index in [1.165, 1.54) is 32.1 Å². The maximum absolute atomic E-state index is 5.69. The SMILES string of the molecule is CC(N)c1nnc(N(C)C2CCCCC2)o1. The van der Waals surface area contributed by atoms with Crippen molar-refractivity contribution >= 4 is 6.01 Å². The molecule has 1 aromatic rings. The molecule has 1 fully saturated rings. The Labute approximate surface area is 96.0 Å². The molecule has 2 rings (SSSR count). The lowest BCUT2D eigenvalue weighted by atomic mass is 9.95. The lowest BCUT2D eigenvalue weighted by molar-refractivity contribution is 0.394. The molecule has 5 heteroatoms. The quantitative estimate of drug-likeness (QED) is 0.848. The molecule has 0 aromatic carbocycles. The van der Waals surface area contributed by atoms with Gasteiger partial charge in [-0.25, -0.2) is 0 Å². The average Bonchev–Trinajstić information content (AvgIpc) is 2.78. The van der Waals surface area contributed by atoms with Gasteiger partial charge >= 0.3 is 6.01 Å². The van der Waals surface area contributed by atoms with Crippen LogP contribution in [-0.2, 0) is 0 Å². The van der Waals surface area contributed by atoms with Gasteiger partial charge in [0.15, 0.2) is 0 Å². The Kier molecular flexibility index (Phi) is 3.43. The zero-order chi connectivity index (χ0) is 11.5. The summed E-state index contributed by atoms with van der Waals surface area (Å²) in [6, 6.07) is 0.940. The molecule has 1 aliphatic rings. The highest BCUT2D eigenvalue weighted by Gasteiger charge is 2.22. The minimum Gasteiger partial charge on any atom is -0.406 e. The van der Waals surface area contributed by atoms with Gasteiger partial charge in [0, 0.05) is 13.1 Å². The van der Waals surface area contributed by atoms with E-state index < -0.39 is 0 Å². The molecule has 2 N–H and O–H groups in total. The number of rotatable bonds is 3. The number of anilines is 1. The van der Waals surface area contributed by atoms with Crippen LogP contribution in [0.15, 0.2) is 4.42 Å². The van der Waals surface area contributed by atoms with Crippen LogP contribution in [0.3, 0.4) is 0 Å². The van der Waals surface area contributed by atoms with Crippen molar-refractivity contribution in [2.24, 2.45) is 5.73 Å². The Hall–Kier alpha value is -1.10. The minimum atomic E-state index is -0.194. The van der Waals surface area contributed by atoms with E-state index in [0.717, 1.165) is 0 Å². The van der Waals surface area contributed by atoms with Crippen LogP contribution >= 0.6 is 0 Å². The molecular weight excluding hydrogens is 204 g/mol. The van der Waals surface area contributed by atoms with Gasteiger partial charge in [-0.1, -0.05) is 24.4 Å². The molecule has 5 nitrogen and oxygen atoms in total. The third kappa shape index (κ3) is 2.35. The number of aromatic nitrogens is 2. The topological polar surface area (TPSA) is 68.2 Å². The molecule has 90 valence electrons. The summed E-state index contributed by atoms with van der Waals surface area (Å²) in [5.74, 6) is 0.512. The zero-order valence-electron chi connectivity index (χ0n) is 10.0. The summed E-state index contributed by atoms with van der Waals surface area (Å²) < 4.78 is 5.54. The third-order valence-electron chi connectivity index (χ3n) is 3.24. The number of nitrogens with two attached hydrogens (primary N) is 1. The first-order valence-electron chi connectivity index (χ1n) is 6.00. The van der Waals surface area contributed by atoms with E-state index in [9.17, 15) is 0 Å². The molecule has 16 heavy (non-hydrogen) atoms. The monoisotopic (exact) mass is 224 g/mol. The van der Waals surface area contributed by atoms with E-state index in [1.807, 2.05) is 14.0 Å². The van der Waals surface area contributed by atoms with Gasteiger partial charge in [0.25, 0.3) is 0 Å². The minimum absolute atomic E-state index is 0.194. The van der Waals surface area contributed by atoms with Crippen molar-refractivity contribution < 1.29 is 4.42 Å². The smallest absolute Gasteiger partial charge is 0.318 e. The van der Waals surface area contributed by atoms with Crippen molar-refractivity contribution in [3.05, 3.63) is 5.89 Å². The highest BCUT2D eigenvalue weighted by atomic mass is 16.4. The second-order valence-corrected chi connectivity index (χ2v) is 4.61. The van der Waals surface area contributed by atoms with Crippen LogP contribution in [-0.4, -0.2) is 23.3 Å². The van der Waals surface area contributed by atoms with Crippen molar-refractivity contribution in [3.63, 3.8) is 0 Å². The molecule has 0 saturated heterocycles. The van der Waals surface area contributed by atoms with Crippen molar-refractivity contribution in [2.75, 3.05) is 11.9 Å². The van der Waals surface area contributed by atoms with Crippen molar-refractivity contribution in [2.45, 2.75) is 51.1 Å². The number of nitrogens with zero attached hydrogens (tertiary/aromatic N) is 3. The first kappa shape index (κ1) is 11.4. The van der Waals surface area contributed by atoms with Gasteiger partial charge in [0.1, 0.15) is 0 Å². The maximum Gasteiger partial charge on any atom is 0.318 e. The standard InChI is InChI=1S/C11H20N4O/c1-8(12)10-13-14-11(16-10)15(2)9-6-4-3-5-7-9/h8-9H,3-7,12H2,1-2H3. The van der Waals surface area contributed by atoms with Crippen molar-refractivity contribution in [3.8, 4) is 0 Å². The Morgan fingerprint density at radius 3 is 2.56 bits per heavy atom. The van der Waals surface area contributed by atoms with E-state index in [2.05, 4.69) is 15.1 Å². The average molecular weight is 224 g/mol. The fraction of sp³-hybridized carbons (Fsp3) is 0.818. The van der Waals surface area contributed by atoms with Crippen LogP contribution in [0, 0.1) is 0 Å². The molecule has 0 aliphatic heterocycles. The molecule has 1 unspecified atom stereocenters. The molecule has 1 saturated carbocycles. The van der Waals surface area contributed by atoms with Gasteiger partial charge in [0.05, 0.1) is 6.04 Å². The second kappa shape index (κ2) is 4.82. The zero-order valence-corrected chi connectivity index (χ0v) is 10.0. The molecule has 0 bridgehead atoms. The van der Waals surface area contributed by atoms with E-state index in [-0.39, 0.29) is 6.04 Å². The highest BCUT2D eigenvalue weighted by molar-refractivity contribution is 5.25. The second-order valence-electron chi connectivity index (χ2n) is 4.61. The van der Waals surface area contributed by atoms with E-state index in [4.69, 9.17) is 10.2 Å². The molecule has 0 radical (unpaired) electrons. The van der Waals surface area contributed by atoms with E-state index in [1.54, 1.807) is 0 Å². The first-order valence-corrected chi connectivity index (χ1v) is 6.00. The van der Waals surface area contributed by atoms with Gasteiger partial charge < -0.3 is 15.1 Å². The lowest BCUT2D eigenvalue weighted by Crippen LogP contribution is -2.33. The summed E-state index contributed by atoms with van der Waals surface area (Å²) in [6.45, 7) is 1.85. The van der Waals surface area contributed by atoms with Crippen LogP contribution in [0.5, 0.6) is 0 Å². The normalized spacial score (nSPS) is 19.7. The molecule has 0 spiro atoms. The van der Waals surface area contributed by atoms with Crippen LogP contribution in [0.2, 0.25) is 0 Å². The highest BCUT2D eigenvalue weighted by Crippen LogP contribution is 2.25. The van der Waals surface area contributed by atoms with Crippen LogP contribution < -0.4 is 10.6 Å². The van der Waals surface area contributed by atoms with Gasteiger partial charge in [-0.2, -0.15) is 0 Å². The summed E-state index contributed by atoms with van der Waals surface area (Å²) in [4.78, 5) is 2.10. The maximum atomic E-state index is 5.69. The van der Waals surface area contributed by atoms with Crippen molar-refractivity contribution in [1.29, 1.82) is 0 Å². The molecule has 1 atom stereocenters. The third-order valence-corrected chi connectivity index (χ3v) is 3.24. The molecule has 1 aromatic heterocycles. The largest absolute Gasteiger partial charge is 0.406 e. The Morgan fingerprint density at radius 1 is 1.31 bits per heavy atom. The molecular formula is C11H20N4O. The summed E-state index contributed by atoms with van der Waals surface area (Å²) in [5, 5.41) is 7.99. The predicted molar refractivity (Wildman–Crippen MR) is 62.2 cm³/mol. The van der Waals surface area contributed by atoms with Crippen LogP contribution in [0.25, 0.3) is 0 Å². The summed E-state index contributed by atoms with van der Waals surface area (Å²) >= 11 is 0. The fourth-order valence-electron chi connectivity index (χ4n) is 2.18. The lowest BCUT2D eigenvalue weighted by Gasteiger charge is -2.29. The summed E-state index contributed by atoms with van der Waals surface area (Å²) in [6.07, 6.45) is 6.37. The Balaban J connectivity index is 2.04. The van der Waals surface area contributed by atoms with Crippen molar-refractivity contribution in [1.82, 2.24) is 10.2 Å². The first-order chi connectivity index (χ1) is 7.68. The Bertz CT molecular complexity index is 330. The summed E-state index contributed by atoms with van der Waals surface area (Å²) in [5.41, 5.74) is 5.69. The number of hydrogen-bond acceptors (Lipinski definition) is 5. The van der Waals surface area contributed by atoms with Crippen LogP contribution in [0.4, 0.5) is 6.01 Å². The van der Waals surface area contributed by atoms with Crippen LogP contribution in [0.1, 0.15) is 51.0 Å². The van der Waals surface area contributed by atoms with Gasteiger partial charge in [-0.15, -0.1) is 5.10 Å². The molecule has 1 aliphatic carbocycles.